The molecule has 0 bridgehead atoms. The highest BCUT2D eigenvalue weighted by molar-refractivity contribution is 7.21. The molecule has 196 valence electrons. The van der Waals surface area contributed by atoms with Crippen molar-refractivity contribution in [2.24, 2.45) is 5.41 Å². The van der Waals surface area contributed by atoms with E-state index < -0.39 is 0 Å². The van der Waals surface area contributed by atoms with Gasteiger partial charge in [-0.2, -0.15) is 5.10 Å². The first-order valence-corrected chi connectivity index (χ1v) is 12.9. The molecule has 0 spiro atoms. The van der Waals surface area contributed by atoms with E-state index in [0.29, 0.717) is 39.7 Å². The molecule has 0 unspecified atom stereocenters. The number of fused-ring (bicyclic) bond motifs is 1. The summed E-state index contributed by atoms with van der Waals surface area (Å²) in [6.07, 6.45) is 8.16. The lowest BCUT2D eigenvalue weighted by Crippen LogP contribution is -2.54. The SMILES string of the molecule is CC(=O)Nc1cncc(-c2cn3ncc(C(=O)Nc4cc(NC(=O)CN5CC(C)(C)C5)cnc4C)c3s2)c1. The first-order chi connectivity index (χ1) is 18.1. The predicted molar refractivity (Wildman–Crippen MR) is 146 cm³/mol. The number of nitrogens with zero attached hydrogens (tertiary/aromatic N) is 5. The van der Waals surface area contributed by atoms with Crippen molar-refractivity contribution in [1.29, 1.82) is 0 Å². The van der Waals surface area contributed by atoms with E-state index in [1.165, 1.54) is 24.5 Å². The van der Waals surface area contributed by atoms with E-state index >= 15 is 0 Å². The Morgan fingerprint density at radius 3 is 2.53 bits per heavy atom. The van der Waals surface area contributed by atoms with Gasteiger partial charge < -0.3 is 16.0 Å². The second-order valence-corrected chi connectivity index (χ2v) is 11.2. The van der Waals surface area contributed by atoms with Gasteiger partial charge in [-0.3, -0.25) is 29.3 Å². The molecule has 38 heavy (non-hydrogen) atoms. The van der Waals surface area contributed by atoms with Crippen LogP contribution < -0.4 is 16.0 Å². The lowest BCUT2D eigenvalue weighted by molar-refractivity contribution is -0.120. The molecule has 1 fully saturated rings. The number of carbonyl (C=O) groups excluding carboxylic acids is 3. The fourth-order valence-corrected chi connectivity index (χ4v) is 5.56. The molecule has 1 saturated heterocycles. The molecule has 0 atom stereocenters. The zero-order valence-corrected chi connectivity index (χ0v) is 22.3. The van der Waals surface area contributed by atoms with Crippen LogP contribution in [0.4, 0.5) is 17.1 Å². The number of hydrogen-bond donors (Lipinski definition) is 3. The van der Waals surface area contributed by atoms with Gasteiger partial charge in [0, 0.05) is 38.0 Å². The average Bonchev–Trinajstić information content (AvgIpc) is 3.41. The molecule has 0 saturated carbocycles. The van der Waals surface area contributed by atoms with E-state index in [1.54, 1.807) is 36.1 Å². The highest BCUT2D eigenvalue weighted by Gasteiger charge is 2.34. The number of thiazole rings is 1. The van der Waals surface area contributed by atoms with Crippen LogP contribution >= 0.6 is 11.3 Å². The molecular weight excluding hydrogens is 504 g/mol. The highest BCUT2D eigenvalue weighted by atomic mass is 32.1. The van der Waals surface area contributed by atoms with Crippen LogP contribution in [0.3, 0.4) is 0 Å². The fraction of sp³-hybridized carbons (Fsp3) is 0.308. The Labute approximate surface area is 223 Å². The van der Waals surface area contributed by atoms with Crippen LogP contribution in [-0.4, -0.2) is 61.8 Å². The minimum Gasteiger partial charge on any atom is -0.325 e. The van der Waals surface area contributed by atoms with Crippen LogP contribution in [0.15, 0.2) is 43.1 Å². The summed E-state index contributed by atoms with van der Waals surface area (Å²) in [4.78, 5) is 49.2. The molecule has 0 aromatic carbocycles. The molecule has 12 heteroatoms. The van der Waals surface area contributed by atoms with E-state index in [-0.39, 0.29) is 23.1 Å². The lowest BCUT2D eigenvalue weighted by Gasteiger charge is -2.45. The smallest absolute Gasteiger partial charge is 0.260 e. The number of carbonyl (C=O) groups is 3. The Kier molecular flexibility index (Phi) is 6.67. The van der Waals surface area contributed by atoms with Gasteiger partial charge in [0.1, 0.15) is 4.83 Å². The Bertz CT molecular complexity index is 1550. The molecule has 4 aromatic heterocycles. The molecule has 0 radical (unpaired) electrons. The van der Waals surface area contributed by atoms with Gasteiger partial charge in [-0.1, -0.05) is 13.8 Å². The van der Waals surface area contributed by atoms with Crippen molar-refractivity contribution in [3.05, 3.63) is 54.4 Å². The number of aryl methyl sites for hydroxylation is 1. The largest absolute Gasteiger partial charge is 0.325 e. The molecule has 3 N–H and O–H groups in total. The van der Waals surface area contributed by atoms with Crippen LogP contribution in [0.25, 0.3) is 15.3 Å². The van der Waals surface area contributed by atoms with Gasteiger partial charge in [-0.05, 0) is 24.5 Å². The number of rotatable bonds is 7. The maximum absolute atomic E-state index is 13.2. The first-order valence-electron chi connectivity index (χ1n) is 12.1. The summed E-state index contributed by atoms with van der Waals surface area (Å²) < 4.78 is 1.64. The Hall–Kier alpha value is -4.16. The molecule has 4 aromatic rings. The third-order valence-electron chi connectivity index (χ3n) is 6.07. The van der Waals surface area contributed by atoms with E-state index in [4.69, 9.17) is 0 Å². The quantitative estimate of drug-likeness (QED) is 0.331. The number of aromatic nitrogens is 4. The molecular formula is C26H28N8O3S. The van der Waals surface area contributed by atoms with Crippen LogP contribution in [0, 0.1) is 12.3 Å². The van der Waals surface area contributed by atoms with E-state index in [9.17, 15) is 14.4 Å². The van der Waals surface area contributed by atoms with Gasteiger partial charge in [0.2, 0.25) is 11.8 Å². The van der Waals surface area contributed by atoms with E-state index in [1.807, 2.05) is 12.3 Å². The van der Waals surface area contributed by atoms with Gasteiger partial charge >= 0.3 is 0 Å². The maximum Gasteiger partial charge on any atom is 0.260 e. The van der Waals surface area contributed by atoms with Crippen molar-refractivity contribution in [3.8, 4) is 10.4 Å². The van der Waals surface area contributed by atoms with Crippen LogP contribution in [0.5, 0.6) is 0 Å². The standard InChI is InChI=1S/C26H28N8O3S/c1-15-21(6-19(9-28-15)31-23(36)12-33-13-26(3,4)14-33)32-24(37)20-10-29-34-11-22(38-25(20)34)17-5-18(8-27-7-17)30-16(2)35/h5-11H,12-14H2,1-4H3,(H,30,35)(H,31,36)(H,32,37). The Morgan fingerprint density at radius 1 is 1.03 bits per heavy atom. The normalized spacial score (nSPS) is 14.6. The van der Waals surface area contributed by atoms with Crippen LogP contribution in [-0.2, 0) is 9.59 Å². The third kappa shape index (κ3) is 5.55. The summed E-state index contributed by atoms with van der Waals surface area (Å²) in [5.74, 6) is -0.642. The van der Waals surface area contributed by atoms with E-state index in [0.717, 1.165) is 23.5 Å². The van der Waals surface area contributed by atoms with Gasteiger partial charge in [0.25, 0.3) is 5.91 Å². The van der Waals surface area contributed by atoms with E-state index in [2.05, 4.69) is 49.8 Å². The topological polar surface area (TPSA) is 134 Å². The van der Waals surface area contributed by atoms with Crippen LogP contribution in [0.1, 0.15) is 36.8 Å². The third-order valence-corrected chi connectivity index (χ3v) is 7.23. The summed E-state index contributed by atoms with van der Waals surface area (Å²) in [7, 11) is 0. The number of hydrogen-bond acceptors (Lipinski definition) is 8. The summed E-state index contributed by atoms with van der Waals surface area (Å²) >= 11 is 1.39. The van der Waals surface area contributed by atoms with Gasteiger partial charge in [0.05, 0.1) is 58.3 Å². The zero-order chi connectivity index (χ0) is 27.0. The number of anilines is 3. The summed E-state index contributed by atoms with van der Waals surface area (Å²) in [6, 6.07) is 3.52. The van der Waals surface area contributed by atoms with Gasteiger partial charge in [0.15, 0.2) is 0 Å². The number of amides is 3. The Balaban J connectivity index is 1.30. The number of likely N-dealkylation sites (tertiary alicyclic amines) is 1. The van der Waals surface area contributed by atoms with Crippen molar-refractivity contribution in [2.75, 3.05) is 35.6 Å². The van der Waals surface area contributed by atoms with Crippen molar-refractivity contribution in [3.63, 3.8) is 0 Å². The highest BCUT2D eigenvalue weighted by Crippen LogP contribution is 2.32. The van der Waals surface area contributed by atoms with Gasteiger partial charge in [-0.25, -0.2) is 4.52 Å². The van der Waals surface area contributed by atoms with Crippen molar-refractivity contribution in [2.45, 2.75) is 27.7 Å². The predicted octanol–water partition coefficient (Wildman–Crippen LogP) is 3.65. The second kappa shape index (κ2) is 9.95. The fourth-order valence-electron chi connectivity index (χ4n) is 4.52. The van der Waals surface area contributed by atoms with Crippen molar-refractivity contribution >= 4 is 51.0 Å². The lowest BCUT2D eigenvalue weighted by atomic mass is 9.84. The molecule has 3 amide bonds. The molecule has 0 aliphatic carbocycles. The van der Waals surface area contributed by atoms with Crippen molar-refractivity contribution in [1.82, 2.24) is 24.5 Å². The Morgan fingerprint density at radius 2 is 1.79 bits per heavy atom. The van der Waals surface area contributed by atoms with Crippen molar-refractivity contribution < 1.29 is 14.4 Å². The van der Waals surface area contributed by atoms with Crippen LogP contribution in [0.2, 0.25) is 0 Å². The maximum atomic E-state index is 13.2. The van der Waals surface area contributed by atoms with Gasteiger partial charge in [-0.15, -0.1) is 11.3 Å². The number of nitrogens with one attached hydrogen (secondary N) is 3. The molecule has 11 nitrogen and oxygen atoms in total. The zero-order valence-electron chi connectivity index (χ0n) is 21.5. The summed E-state index contributed by atoms with van der Waals surface area (Å²) in [5.41, 5.74) is 3.67. The molecule has 5 heterocycles. The molecule has 1 aliphatic heterocycles. The monoisotopic (exact) mass is 532 g/mol. The second-order valence-electron chi connectivity index (χ2n) is 10.2. The average molecular weight is 533 g/mol. The first kappa shape index (κ1) is 25.5. The summed E-state index contributed by atoms with van der Waals surface area (Å²) in [5, 5.41) is 12.8. The minimum absolute atomic E-state index is 0.120. The molecule has 5 rings (SSSR count). The summed E-state index contributed by atoms with van der Waals surface area (Å²) in [6.45, 7) is 9.66. The number of pyridine rings is 2. The minimum atomic E-state index is -0.338. The molecule has 1 aliphatic rings.